The lowest BCUT2D eigenvalue weighted by molar-refractivity contribution is 0.0694. The molecule has 10 heteroatoms. The lowest BCUT2D eigenvalue weighted by Crippen LogP contribution is -2.12. The third kappa shape index (κ3) is 2.94. The number of benzene rings is 1. The van der Waals surface area contributed by atoms with Crippen LogP contribution in [0.25, 0.3) is 0 Å². The Morgan fingerprint density at radius 2 is 2.00 bits per heavy atom. The summed E-state index contributed by atoms with van der Waals surface area (Å²) in [5.41, 5.74) is 9.72. The summed E-state index contributed by atoms with van der Waals surface area (Å²) in [7, 11) is 0. The second kappa shape index (κ2) is 5.28. The summed E-state index contributed by atoms with van der Waals surface area (Å²) in [5, 5.41) is 25.6. The van der Waals surface area contributed by atoms with Crippen molar-refractivity contribution >= 4 is 29.1 Å². The number of nitrogens with zero attached hydrogens (tertiary/aromatic N) is 3. The van der Waals surface area contributed by atoms with Crippen LogP contribution in [0.1, 0.15) is 10.4 Å². The van der Waals surface area contributed by atoms with E-state index in [1.165, 1.54) is 6.07 Å². The van der Waals surface area contributed by atoms with Crippen LogP contribution in [0.4, 0.5) is 23.1 Å². The van der Waals surface area contributed by atoms with E-state index in [2.05, 4.69) is 20.2 Å². The highest BCUT2D eigenvalue weighted by Gasteiger charge is 2.10. The van der Waals surface area contributed by atoms with Crippen LogP contribution >= 0.6 is 0 Å². The van der Waals surface area contributed by atoms with Crippen LogP contribution in [0.3, 0.4) is 0 Å². The van der Waals surface area contributed by atoms with Gasteiger partial charge < -0.3 is 21.7 Å². The van der Waals surface area contributed by atoms with Crippen molar-refractivity contribution in [2.75, 3.05) is 11.5 Å². The number of rotatable bonds is 3. The van der Waals surface area contributed by atoms with Gasteiger partial charge in [-0.3, -0.25) is 9.78 Å². The van der Waals surface area contributed by atoms with Crippen LogP contribution in [-0.4, -0.2) is 26.2 Å². The number of nitrogens with two attached hydrogens (primary N) is 2. The van der Waals surface area contributed by atoms with Crippen molar-refractivity contribution in [1.82, 2.24) is 9.97 Å². The van der Waals surface area contributed by atoms with Crippen LogP contribution in [0, 0.1) is 0 Å². The van der Waals surface area contributed by atoms with Gasteiger partial charge in [0.15, 0.2) is 11.5 Å². The highest BCUT2D eigenvalue weighted by atomic mass is 16.4. The predicted molar refractivity (Wildman–Crippen MR) is 72.9 cm³/mol. The van der Waals surface area contributed by atoms with Crippen LogP contribution in [-0.2, 0) is 0 Å². The Hall–Kier alpha value is -3.43. The molecule has 10 nitrogen and oxygen atoms in total. The Labute approximate surface area is 116 Å². The SMILES string of the molecule is Nc1nc(N)c(N=Nc2ccc(C(=O)O)c(O)c2)c(=O)[nH]1. The quantitative estimate of drug-likeness (QED) is 0.517. The second-order valence-electron chi connectivity index (χ2n) is 3.89. The Kier molecular flexibility index (Phi) is 3.52. The van der Waals surface area contributed by atoms with Gasteiger partial charge in [0.2, 0.25) is 5.95 Å². The number of nitrogen functional groups attached to an aromatic ring is 2. The zero-order valence-electron chi connectivity index (χ0n) is 10.4. The largest absolute Gasteiger partial charge is 0.507 e. The average Bonchev–Trinajstić information content (AvgIpc) is 2.36. The van der Waals surface area contributed by atoms with Gasteiger partial charge in [-0.05, 0) is 12.1 Å². The summed E-state index contributed by atoms with van der Waals surface area (Å²) in [6, 6.07) is 3.55. The molecule has 0 aliphatic heterocycles. The van der Waals surface area contributed by atoms with E-state index in [1.807, 2.05) is 0 Å². The molecule has 1 aromatic heterocycles. The highest BCUT2D eigenvalue weighted by Crippen LogP contribution is 2.25. The van der Waals surface area contributed by atoms with E-state index in [4.69, 9.17) is 16.6 Å². The summed E-state index contributed by atoms with van der Waals surface area (Å²) < 4.78 is 0. The van der Waals surface area contributed by atoms with Gasteiger partial charge in [-0.1, -0.05) is 0 Å². The number of hydrogen-bond donors (Lipinski definition) is 5. The molecule has 0 amide bonds. The molecule has 0 aliphatic rings. The molecular formula is C11H10N6O4. The van der Waals surface area contributed by atoms with E-state index >= 15 is 0 Å². The molecule has 7 N–H and O–H groups in total. The third-order valence-electron chi connectivity index (χ3n) is 2.42. The topological polar surface area (TPSA) is 180 Å². The molecule has 0 saturated heterocycles. The smallest absolute Gasteiger partial charge is 0.339 e. The molecule has 0 fully saturated rings. The van der Waals surface area contributed by atoms with Gasteiger partial charge in [-0.2, -0.15) is 10.1 Å². The van der Waals surface area contributed by atoms with Gasteiger partial charge >= 0.3 is 5.97 Å². The first-order valence-electron chi connectivity index (χ1n) is 5.52. The standard InChI is InChI=1S/C11H10N6O4/c12-8-7(9(19)15-11(13)14-8)17-16-4-1-2-5(10(20)21)6(18)3-4/h1-3,18H,(H,20,21)(H5,12,13,14,15,19). The summed E-state index contributed by atoms with van der Waals surface area (Å²) in [6.07, 6.45) is 0. The fourth-order valence-corrected chi connectivity index (χ4v) is 1.47. The number of carbonyl (C=O) groups is 1. The fourth-order valence-electron chi connectivity index (χ4n) is 1.47. The van der Waals surface area contributed by atoms with Crippen molar-refractivity contribution in [2.24, 2.45) is 10.2 Å². The Balaban J connectivity index is 2.37. The number of anilines is 2. The molecule has 2 rings (SSSR count). The molecule has 1 aromatic carbocycles. The first-order chi connectivity index (χ1) is 9.88. The minimum Gasteiger partial charge on any atom is -0.507 e. The number of aromatic carboxylic acids is 1. The third-order valence-corrected chi connectivity index (χ3v) is 2.42. The second-order valence-corrected chi connectivity index (χ2v) is 3.89. The molecule has 0 atom stereocenters. The van der Waals surface area contributed by atoms with E-state index < -0.39 is 17.3 Å². The van der Waals surface area contributed by atoms with Crippen molar-refractivity contribution in [3.8, 4) is 5.75 Å². The number of aromatic nitrogens is 2. The van der Waals surface area contributed by atoms with E-state index in [1.54, 1.807) is 0 Å². The number of hydrogen-bond acceptors (Lipinski definition) is 8. The van der Waals surface area contributed by atoms with E-state index in [-0.39, 0.29) is 28.7 Å². The van der Waals surface area contributed by atoms with Crippen LogP contribution in [0.2, 0.25) is 0 Å². The maximum absolute atomic E-state index is 11.6. The monoisotopic (exact) mass is 290 g/mol. The summed E-state index contributed by atoms with van der Waals surface area (Å²) in [4.78, 5) is 28.1. The molecule has 0 spiro atoms. The van der Waals surface area contributed by atoms with Crippen molar-refractivity contribution in [2.45, 2.75) is 0 Å². The molecule has 0 radical (unpaired) electrons. The number of azo groups is 1. The number of carboxylic acids is 1. The minimum absolute atomic E-state index is 0.133. The molecule has 0 bridgehead atoms. The van der Waals surface area contributed by atoms with Crippen LogP contribution in [0.5, 0.6) is 5.75 Å². The van der Waals surface area contributed by atoms with Crippen molar-refractivity contribution in [3.63, 3.8) is 0 Å². The number of aromatic amines is 1. The van der Waals surface area contributed by atoms with Crippen molar-refractivity contribution in [1.29, 1.82) is 0 Å². The highest BCUT2D eigenvalue weighted by molar-refractivity contribution is 5.91. The van der Waals surface area contributed by atoms with Gasteiger partial charge in [0, 0.05) is 6.07 Å². The van der Waals surface area contributed by atoms with Gasteiger partial charge in [0.05, 0.1) is 5.69 Å². The van der Waals surface area contributed by atoms with Gasteiger partial charge in [0.25, 0.3) is 5.56 Å². The lowest BCUT2D eigenvalue weighted by atomic mass is 10.2. The van der Waals surface area contributed by atoms with Crippen molar-refractivity contribution in [3.05, 3.63) is 34.1 Å². The zero-order valence-corrected chi connectivity index (χ0v) is 10.4. The number of phenols is 1. The summed E-state index contributed by atoms with van der Waals surface area (Å²) in [5.74, 6) is -2.11. The first-order valence-corrected chi connectivity index (χ1v) is 5.52. The Morgan fingerprint density at radius 1 is 1.29 bits per heavy atom. The normalized spacial score (nSPS) is 10.9. The number of H-pyrrole nitrogens is 1. The maximum Gasteiger partial charge on any atom is 0.339 e. The van der Waals surface area contributed by atoms with Gasteiger partial charge in [-0.25, -0.2) is 4.79 Å². The van der Waals surface area contributed by atoms with E-state index in [9.17, 15) is 14.7 Å². The minimum atomic E-state index is -1.28. The molecule has 0 unspecified atom stereocenters. The molecule has 1 heterocycles. The molecule has 0 aliphatic carbocycles. The van der Waals surface area contributed by atoms with Crippen LogP contribution < -0.4 is 17.0 Å². The van der Waals surface area contributed by atoms with Crippen LogP contribution in [0.15, 0.2) is 33.2 Å². The first kappa shape index (κ1) is 14.0. The molecular weight excluding hydrogens is 280 g/mol. The number of nitrogens with one attached hydrogen (secondary N) is 1. The molecule has 108 valence electrons. The van der Waals surface area contributed by atoms with Gasteiger partial charge in [-0.15, -0.1) is 5.11 Å². The van der Waals surface area contributed by atoms with E-state index in [0.29, 0.717) is 0 Å². The lowest BCUT2D eigenvalue weighted by Gasteiger charge is -2.00. The zero-order chi connectivity index (χ0) is 15.6. The number of carboxylic acid groups (broad SMARTS) is 1. The average molecular weight is 290 g/mol. The molecule has 0 saturated carbocycles. The number of aromatic hydroxyl groups is 1. The molecule has 2 aromatic rings. The van der Waals surface area contributed by atoms with Gasteiger partial charge in [0.1, 0.15) is 11.3 Å². The Morgan fingerprint density at radius 3 is 2.57 bits per heavy atom. The maximum atomic E-state index is 11.6. The van der Waals surface area contributed by atoms with E-state index in [0.717, 1.165) is 12.1 Å². The summed E-state index contributed by atoms with van der Waals surface area (Å²) in [6.45, 7) is 0. The molecule has 21 heavy (non-hydrogen) atoms. The fraction of sp³-hybridized carbons (Fsp3) is 0. The Bertz CT molecular complexity index is 798. The summed E-state index contributed by atoms with van der Waals surface area (Å²) >= 11 is 0. The predicted octanol–water partition coefficient (Wildman–Crippen LogP) is 0.753. The van der Waals surface area contributed by atoms with Crippen molar-refractivity contribution < 1.29 is 15.0 Å².